The molecule has 1 atom stereocenters. The van der Waals surface area contributed by atoms with Gasteiger partial charge >= 0.3 is 11.9 Å². The van der Waals surface area contributed by atoms with Gasteiger partial charge in [0.05, 0.1) is 6.61 Å². The van der Waals surface area contributed by atoms with Crippen LogP contribution >= 0.6 is 0 Å². The van der Waals surface area contributed by atoms with Gasteiger partial charge in [-0.2, -0.15) is 0 Å². The molecule has 0 aliphatic rings. The number of hydrogen-bond donors (Lipinski definition) is 0. The Morgan fingerprint density at radius 1 is 0.500 bits per heavy atom. The molecule has 0 aromatic rings. The molecule has 0 bridgehead atoms. The van der Waals surface area contributed by atoms with Crippen molar-refractivity contribution in [3.05, 3.63) is 48.6 Å². The van der Waals surface area contributed by atoms with E-state index < -0.39 is 6.10 Å². The highest BCUT2D eigenvalue weighted by atomic mass is 16.6. The van der Waals surface area contributed by atoms with Gasteiger partial charge in [0.1, 0.15) is 6.61 Å². The molecule has 0 saturated heterocycles. The summed E-state index contributed by atoms with van der Waals surface area (Å²) in [6, 6.07) is 0. The molecule has 0 aliphatic carbocycles. The Hall–Kier alpha value is -2.14. The molecular weight excluding hydrogens is 572 g/mol. The molecule has 0 radical (unpaired) electrons. The van der Waals surface area contributed by atoms with Crippen molar-refractivity contribution >= 4 is 11.9 Å². The quantitative estimate of drug-likeness (QED) is 0.0396. The van der Waals surface area contributed by atoms with Crippen molar-refractivity contribution in [3.8, 4) is 0 Å². The van der Waals surface area contributed by atoms with E-state index in [1.54, 1.807) is 0 Å². The predicted molar refractivity (Wildman–Crippen MR) is 196 cm³/mol. The van der Waals surface area contributed by atoms with E-state index in [4.69, 9.17) is 14.2 Å². The van der Waals surface area contributed by atoms with Gasteiger partial charge in [-0.15, -0.1) is 0 Å². The minimum absolute atomic E-state index is 0.0491. The van der Waals surface area contributed by atoms with Crippen LogP contribution in [0.5, 0.6) is 0 Å². The first kappa shape index (κ1) is 43.9. The van der Waals surface area contributed by atoms with Crippen molar-refractivity contribution in [2.24, 2.45) is 0 Å². The highest BCUT2D eigenvalue weighted by Gasteiger charge is 2.17. The summed E-state index contributed by atoms with van der Waals surface area (Å²) in [5, 5.41) is 0. The number of esters is 2. The summed E-state index contributed by atoms with van der Waals surface area (Å²) < 4.78 is 17.0. The molecule has 0 spiro atoms. The molecule has 0 aromatic heterocycles. The van der Waals surface area contributed by atoms with Gasteiger partial charge in [0.2, 0.25) is 0 Å². The predicted octanol–water partition coefficient (Wildman–Crippen LogP) is 12.1. The number of allylic oxidation sites excluding steroid dienone is 8. The van der Waals surface area contributed by atoms with Crippen LogP contribution in [-0.4, -0.2) is 37.9 Å². The summed E-state index contributed by atoms with van der Waals surface area (Å²) in [6.07, 6.45) is 42.6. The maximum absolute atomic E-state index is 12.6. The molecule has 266 valence electrons. The monoisotopic (exact) mass is 645 g/mol. The molecule has 0 heterocycles. The van der Waals surface area contributed by atoms with Gasteiger partial charge in [-0.1, -0.05) is 166 Å². The fourth-order valence-electron chi connectivity index (χ4n) is 5.05. The smallest absolute Gasteiger partial charge is 0.306 e. The molecule has 0 N–H and O–H groups in total. The Labute approximate surface area is 284 Å². The Bertz CT molecular complexity index is 782. The Balaban J connectivity index is 4.28. The van der Waals surface area contributed by atoms with E-state index in [9.17, 15) is 9.59 Å². The van der Waals surface area contributed by atoms with E-state index in [0.29, 0.717) is 25.9 Å². The average molecular weight is 645 g/mol. The molecule has 46 heavy (non-hydrogen) atoms. The van der Waals surface area contributed by atoms with E-state index in [1.165, 1.54) is 83.5 Å². The molecule has 5 nitrogen and oxygen atoms in total. The van der Waals surface area contributed by atoms with Crippen molar-refractivity contribution in [3.63, 3.8) is 0 Å². The first-order chi connectivity index (χ1) is 22.6. The zero-order valence-corrected chi connectivity index (χ0v) is 30.3. The lowest BCUT2D eigenvalue weighted by atomic mass is 10.1. The number of carbonyl (C=O) groups is 2. The number of carbonyl (C=O) groups excluding carboxylic acids is 2. The lowest BCUT2D eigenvalue weighted by Gasteiger charge is -2.18. The van der Waals surface area contributed by atoms with Gasteiger partial charge in [-0.25, -0.2) is 0 Å². The van der Waals surface area contributed by atoms with E-state index in [1.807, 2.05) is 6.08 Å². The lowest BCUT2D eigenvalue weighted by molar-refractivity contribution is -0.162. The third-order valence-electron chi connectivity index (χ3n) is 7.89. The molecule has 1 unspecified atom stereocenters. The molecule has 0 fully saturated rings. The van der Waals surface area contributed by atoms with Gasteiger partial charge in [-0.3, -0.25) is 9.59 Å². The first-order valence-electron chi connectivity index (χ1n) is 19.2. The van der Waals surface area contributed by atoms with Gasteiger partial charge in [0, 0.05) is 19.4 Å². The molecule has 0 amide bonds. The second-order valence-corrected chi connectivity index (χ2v) is 12.5. The zero-order chi connectivity index (χ0) is 33.6. The summed E-state index contributed by atoms with van der Waals surface area (Å²) in [4.78, 5) is 24.9. The molecule has 0 rings (SSSR count). The Morgan fingerprint density at radius 3 is 1.52 bits per heavy atom. The van der Waals surface area contributed by atoms with Gasteiger partial charge in [0.25, 0.3) is 0 Å². The average Bonchev–Trinajstić information content (AvgIpc) is 3.05. The van der Waals surface area contributed by atoms with Gasteiger partial charge in [0.15, 0.2) is 6.10 Å². The van der Waals surface area contributed by atoms with Crippen LogP contribution in [-0.2, 0) is 23.8 Å². The Kier molecular flexibility index (Phi) is 35.6. The summed E-state index contributed by atoms with van der Waals surface area (Å²) >= 11 is 0. The third-order valence-corrected chi connectivity index (χ3v) is 7.89. The van der Waals surface area contributed by atoms with Crippen LogP contribution in [0.2, 0.25) is 0 Å². The van der Waals surface area contributed by atoms with Crippen LogP contribution in [0, 0.1) is 0 Å². The number of ether oxygens (including phenoxy) is 3. The number of rotatable bonds is 34. The zero-order valence-electron chi connectivity index (χ0n) is 30.3. The normalized spacial score (nSPS) is 12.7. The van der Waals surface area contributed by atoms with Crippen LogP contribution in [0.4, 0.5) is 0 Å². The third kappa shape index (κ3) is 34.7. The largest absolute Gasteiger partial charge is 0.462 e. The summed E-state index contributed by atoms with van der Waals surface area (Å²) in [5.41, 5.74) is 0. The fourth-order valence-corrected chi connectivity index (χ4v) is 5.05. The highest BCUT2D eigenvalue weighted by Crippen LogP contribution is 2.13. The molecule has 0 saturated carbocycles. The van der Waals surface area contributed by atoms with Gasteiger partial charge in [-0.05, 0) is 44.9 Å². The van der Waals surface area contributed by atoms with E-state index in [0.717, 1.165) is 51.4 Å². The van der Waals surface area contributed by atoms with Crippen molar-refractivity contribution in [2.45, 2.75) is 181 Å². The van der Waals surface area contributed by atoms with E-state index in [2.05, 4.69) is 63.3 Å². The van der Waals surface area contributed by atoms with Crippen LogP contribution in [0.25, 0.3) is 0 Å². The van der Waals surface area contributed by atoms with Gasteiger partial charge < -0.3 is 14.2 Å². The lowest BCUT2D eigenvalue weighted by Crippen LogP contribution is -2.30. The van der Waals surface area contributed by atoms with E-state index in [-0.39, 0.29) is 25.2 Å². The maximum Gasteiger partial charge on any atom is 0.306 e. The van der Waals surface area contributed by atoms with Crippen molar-refractivity contribution in [1.82, 2.24) is 0 Å². The number of hydrogen-bond acceptors (Lipinski definition) is 5. The second-order valence-electron chi connectivity index (χ2n) is 12.5. The molecular formula is C41H72O5. The van der Waals surface area contributed by atoms with Crippen LogP contribution in [0.3, 0.4) is 0 Å². The SMILES string of the molecule is CC/C=C\C/C=C\C/C=C\C/C=C\CCC(=O)OCC(COCCCCCCCC)OC(=O)CCCCCCCCCCCCC. The molecule has 5 heteroatoms. The first-order valence-corrected chi connectivity index (χ1v) is 19.2. The van der Waals surface area contributed by atoms with Crippen molar-refractivity contribution in [1.29, 1.82) is 0 Å². The standard InChI is InChI=1S/C41H72O5/c1-4-7-10-13-16-18-20-21-23-24-26-28-31-34-40(42)45-38-39(37-44-36-33-30-15-12-9-6-3)46-41(43)35-32-29-27-25-22-19-17-14-11-8-5-2/h7,10,16,18,21,23,26,28,39H,4-6,8-9,11-15,17,19-20,22,24-25,27,29-38H2,1-3H3/b10-7-,18-16-,23-21-,28-26-. The topological polar surface area (TPSA) is 61.8 Å². The summed E-state index contributed by atoms with van der Waals surface area (Å²) in [5.74, 6) is -0.496. The maximum atomic E-state index is 12.6. The second kappa shape index (κ2) is 37.3. The molecule has 0 aromatic carbocycles. The molecule has 0 aliphatic heterocycles. The van der Waals surface area contributed by atoms with Crippen LogP contribution in [0.15, 0.2) is 48.6 Å². The van der Waals surface area contributed by atoms with E-state index >= 15 is 0 Å². The van der Waals surface area contributed by atoms with Crippen LogP contribution in [0.1, 0.15) is 175 Å². The van der Waals surface area contributed by atoms with Crippen molar-refractivity contribution < 1.29 is 23.8 Å². The van der Waals surface area contributed by atoms with Crippen molar-refractivity contribution in [2.75, 3.05) is 19.8 Å². The summed E-state index contributed by atoms with van der Waals surface area (Å²) in [6.45, 7) is 7.57. The highest BCUT2D eigenvalue weighted by molar-refractivity contribution is 5.70. The summed E-state index contributed by atoms with van der Waals surface area (Å²) in [7, 11) is 0. The number of unbranched alkanes of at least 4 members (excludes halogenated alkanes) is 15. The minimum atomic E-state index is -0.554. The fraction of sp³-hybridized carbons (Fsp3) is 0.756. The minimum Gasteiger partial charge on any atom is -0.462 e. The van der Waals surface area contributed by atoms with Crippen LogP contribution < -0.4 is 0 Å². The Morgan fingerprint density at radius 2 is 0.978 bits per heavy atom.